The molecule has 134 valence electrons. The Bertz CT molecular complexity index is 922. The number of carbonyl (C=O) groups excluding carboxylic acids is 1. The third kappa shape index (κ3) is 3.20. The van der Waals surface area contributed by atoms with Gasteiger partial charge in [0.05, 0.1) is 17.4 Å². The van der Waals surface area contributed by atoms with Gasteiger partial charge in [-0.25, -0.2) is 4.79 Å². The number of H-pyrrole nitrogens is 1. The highest BCUT2D eigenvalue weighted by atomic mass is 16.2. The lowest BCUT2D eigenvalue weighted by Crippen LogP contribution is -2.50. The van der Waals surface area contributed by atoms with Crippen molar-refractivity contribution >= 4 is 28.3 Å². The van der Waals surface area contributed by atoms with Crippen molar-refractivity contribution in [2.24, 2.45) is 0 Å². The molecule has 1 aliphatic heterocycles. The molecule has 1 saturated heterocycles. The molecule has 3 heterocycles. The molecule has 3 aromatic rings. The molecule has 0 bridgehead atoms. The SMILES string of the molecule is Cc1cc(N2CCN(C(=O)Nc3cccc4cn[nH]c34)CC2)cc(C)n1. The molecule has 0 atom stereocenters. The molecule has 2 N–H and O–H groups in total. The van der Waals surface area contributed by atoms with Crippen LogP contribution in [0.2, 0.25) is 0 Å². The number of nitrogens with one attached hydrogen (secondary N) is 2. The third-order valence-corrected chi connectivity index (χ3v) is 4.72. The second-order valence-electron chi connectivity index (χ2n) is 6.65. The summed E-state index contributed by atoms with van der Waals surface area (Å²) in [5.41, 5.74) is 4.83. The summed E-state index contributed by atoms with van der Waals surface area (Å²) in [7, 11) is 0. The number of amides is 2. The molecule has 0 spiro atoms. The molecule has 1 fully saturated rings. The summed E-state index contributed by atoms with van der Waals surface area (Å²) in [4.78, 5) is 21.2. The largest absolute Gasteiger partial charge is 0.368 e. The van der Waals surface area contributed by atoms with E-state index in [0.717, 1.165) is 41.1 Å². The number of pyridine rings is 1. The molecule has 7 nitrogen and oxygen atoms in total. The number of hydrogen-bond acceptors (Lipinski definition) is 4. The van der Waals surface area contributed by atoms with Crippen LogP contribution in [0.4, 0.5) is 16.2 Å². The number of hydrogen-bond donors (Lipinski definition) is 2. The van der Waals surface area contributed by atoms with Gasteiger partial charge in [-0.3, -0.25) is 10.1 Å². The van der Waals surface area contributed by atoms with E-state index in [0.29, 0.717) is 13.1 Å². The number of para-hydroxylation sites is 1. The second-order valence-corrected chi connectivity index (χ2v) is 6.65. The van der Waals surface area contributed by atoms with E-state index in [2.05, 4.69) is 37.5 Å². The van der Waals surface area contributed by atoms with Crippen molar-refractivity contribution in [1.82, 2.24) is 20.1 Å². The van der Waals surface area contributed by atoms with Crippen LogP contribution in [0.5, 0.6) is 0 Å². The normalized spacial score (nSPS) is 14.7. The van der Waals surface area contributed by atoms with Gasteiger partial charge in [0.25, 0.3) is 0 Å². The van der Waals surface area contributed by atoms with Crippen LogP contribution in [0.15, 0.2) is 36.5 Å². The fourth-order valence-corrected chi connectivity index (χ4v) is 3.43. The zero-order valence-corrected chi connectivity index (χ0v) is 15.0. The van der Waals surface area contributed by atoms with E-state index < -0.39 is 0 Å². The maximum atomic E-state index is 12.6. The second kappa shape index (κ2) is 6.67. The van der Waals surface area contributed by atoms with E-state index >= 15 is 0 Å². The van der Waals surface area contributed by atoms with E-state index in [4.69, 9.17) is 0 Å². The first-order chi connectivity index (χ1) is 12.6. The van der Waals surface area contributed by atoms with Gasteiger partial charge in [-0.2, -0.15) is 5.10 Å². The summed E-state index contributed by atoms with van der Waals surface area (Å²) < 4.78 is 0. The Morgan fingerprint density at radius 2 is 1.85 bits per heavy atom. The highest BCUT2D eigenvalue weighted by Crippen LogP contribution is 2.22. The maximum absolute atomic E-state index is 12.6. The standard InChI is InChI=1S/C19H22N6O/c1-13-10-16(11-14(2)21-13)24-6-8-25(9-7-24)19(26)22-17-5-3-4-15-12-20-23-18(15)17/h3-5,10-12H,6-9H2,1-2H3,(H,20,23)(H,22,26). The van der Waals surface area contributed by atoms with E-state index in [1.165, 1.54) is 5.69 Å². The van der Waals surface area contributed by atoms with Crippen molar-refractivity contribution in [3.8, 4) is 0 Å². The number of piperazine rings is 1. The first-order valence-corrected chi connectivity index (χ1v) is 8.78. The lowest BCUT2D eigenvalue weighted by molar-refractivity contribution is 0.208. The van der Waals surface area contributed by atoms with E-state index in [1.54, 1.807) is 6.20 Å². The average molecular weight is 350 g/mol. The van der Waals surface area contributed by atoms with Crippen molar-refractivity contribution in [2.75, 3.05) is 36.4 Å². The van der Waals surface area contributed by atoms with Crippen LogP contribution < -0.4 is 10.2 Å². The minimum atomic E-state index is -0.0751. The van der Waals surface area contributed by atoms with Gasteiger partial charge in [-0.15, -0.1) is 0 Å². The van der Waals surface area contributed by atoms with E-state index in [1.807, 2.05) is 36.9 Å². The zero-order chi connectivity index (χ0) is 18.1. The first kappa shape index (κ1) is 16.4. The number of aryl methyl sites for hydroxylation is 2. The van der Waals surface area contributed by atoms with Crippen molar-refractivity contribution in [3.63, 3.8) is 0 Å². The average Bonchev–Trinajstić information content (AvgIpc) is 3.11. The number of fused-ring (bicyclic) bond motifs is 1. The quantitative estimate of drug-likeness (QED) is 0.745. The molecule has 26 heavy (non-hydrogen) atoms. The molecule has 7 heteroatoms. The van der Waals surface area contributed by atoms with E-state index in [9.17, 15) is 4.79 Å². The molecule has 0 unspecified atom stereocenters. The monoisotopic (exact) mass is 350 g/mol. The van der Waals surface area contributed by atoms with Gasteiger partial charge in [0.1, 0.15) is 0 Å². The van der Waals surface area contributed by atoms with Gasteiger partial charge < -0.3 is 15.1 Å². The van der Waals surface area contributed by atoms with Crippen molar-refractivity contribution in [2.45, 2.75) is 13.8 Å². The topological polar surface area (TPSA) is 77.1 Å². The van der Waals surface area contributed by atoms with Crippen LogP contribution in [0.3, 0.4) is 0 Å². The smallest absolute Gasteiger partial charge is 0.322 e. The summed E-state index contributed by atoms with van der Waals surface area (Å²) in [5.74, 6) is 0. The third-order valence-electron chi connectivity index (χ3n) is 4.72. The Hall–Kier alpha value is -3.09. The Kier molecular flexibility index (Phi) is 4.20. The lowest BCUT2D eigenvalue weighted by atomic mass is 10.2. The van der Waals surface area contributed by atoms with E-state index in [-0.39, 0.29) is 6.03 Å². The van der Waals surface area contributed by atoms with Crippen molar-refractivity contribution in [1.29, 1.82) is 0 Å². The van der Waals surface area contributed by atoms with Gasteiger partial charge in [0.2, 0.25) is 0 Å². The summed E-state index contributed by atoms with van der Waals surface area (Å²) in [6.45, 7) is 7.01. The highest BCUT2D eigenvalue weighted by molar-refractivity contribution is 5.99. The number of rotatable bonds is 2. The number of benzene rings is 1. The first-order valence-electron chi connectivity index (χ1n) is 8.78. The number of anilines is 2. The molecular formula is C19H22N6O. The number of urea groups is 1. The molecule has 4 rings (SSSR count). The summed E-state index contributed by atoms with van der Waals surface area (Å²) in [5, 5.41) is 11.0. The summed E-state index contributed by atoms with van der Waals surface area (Å²) >= 11 is 0. The minimum Gasteiger partial charge on any atom is -0.368 e. The van der Waals surface area contributed by atoms with Crippen LogP contribution in [0.25, 0.3) is 10.9 Å². The Labute approximate surface area is 152 Å². The Balaban J connectivity index is 1.41. The number of nitrogens with zero attached hydrogens (tertiary/aromatic N) is 4. The predicted octanol–water partition coefficient (Wildman–Crippen LogP) is 2.93. The molecule has 0 radical (unpaired) electrons. The maximum Gasteiger partial charge on any atom is 0.322 e. The fourth-order valence-electron chi connectivity index (χ4n) is 3.43. The molecule has 2 amide bonds. The summed E-state index contributed by atoms with van der Waals surface area (Å²) in [6.07, 6.45) is 1.75. The van der Waals surface area contributed by atoms with Crippen LogP contribution in [0, 0.1) is 13.8 Å². The Morgan fingerprint density at radius 3 is 2.58 bits per heavy atom. The van der Waals surface area contributed by atoms with Crippen LogP contribution in [0.1, 0.15) is 11.4 Å². The van der Waals surface area contributed by atoms with Crippen LogP contribution >= 0.6 is 0 Å². The van der Waals surface area contributed by atoms with Gasteiger partial charge in [0.15, 0.2) is 0 Å². The molecule has 1 aliphatic rings. The van der Waals surface area contributed by atoms with Gasteiger partial charge >= 0.3 is 6.03 Å². The van der Waals surface area contributed by atoms with Crippen molar-refractivity contribution in [3.05, 3.63) is 47.9 Å². The Morgan fingerprint density at radius 1 is 1.12 bits per heavy atom. The lowest BCUT2D eigenvalue weighted by Gasteiger charge is -2.36. The number of aromatic amines is 1. The zero-order valence-electron chi connectivity index (χ0n) is 15.0. The summed E-state index contributed by atoms with van der Waals surface area (Å²) in [6, 6.07) is 9.89. The molecule has 0 aliphatic carbocycles. The van der Waals surface area contributed by atoms with Gasteiger partial charge in [-0.1, -0.05) is 12.1 Å². The van der Waals surface area contributed by atoms with Crippen LogP contribution in [-0.4, -0.2) is 52.3 Å². The highest BCUT2D eigenvalue weighted by Gasteiger charge is 2.22. The number of aromatic nitrogens is 3. The predicted molar refractivity (Wildman–Crippen MR) is 103 cm³/mol. The molecule has 0 saturated carbocycles. The number of carbonyl (C=O) groups is 1. The molecule has 2 aromatic heterocycles. The van der Waals surface area contributed by atoms with Crippen LogP contribution in [-0.2, 0) is 0 Å². The molecular weight excluding hydrogens is 328 g/mol. The van der Waals surface area contributed by atoms with Crippen molar-refractivity contribution < 1.29 is 4.79 Å². The van der Waals surface area contributed by atoms with Gasteiger partial charge in [-0.05, 0) is 32.0 Å². The van der Waals surface area contributed by atoms with Gasteiger partial charge in [0, 0.05) is 48.6 Å². The molecule has 1 aromatic carbocycles. The fraction of sp³-hybridized carbons (Fsp3) is 0.316. The minimum absolute atomic E-state index is 0.0751.